The lowest BCUT2D eigenvalue weighted by Gasteiger charge is -2.12. The third kappa shape index (κ3) is 10.8. The number of benzene rings is 2. The van der Waals surface area contributed by atoms with Crippen molar-refractivity contribution >= 4 is 6.08 Å². The van der Waals surface area contributed by atoms with Crippen molar-refractivity contribution in [3.8, 4) is 22.5 Å². The van der Waals surface area contributed by atoms with Crippen LogP contribution < -0.4 is 10.9 Å². The van der Waals surface area contributed by atoms with Crippen LogP contribution in [-0.4, -0.2) is 28.1 Å². The average molecular weight is 551 g/mol. The van der Waals surface area contributed by atoms with Crippen LogP contribution in [0.5, 0.6) is 0 Å². The fourth-order valence-electron chi connectivity index (χ4n) is 4.08. The van der Waals surface area contributed by atoms with E-state index in [1.165, 1.54) is 36.0 Å². The van der Waals surface area contributed by atoms with Gasteiger partial charge in [-0.3, -0.25) is 14.3 Å². The highest BCUT2D eigenvalue weighted by atomic mass is 16.1. The van der Waals surface area contributed by atoms with Crippen LogP contribution >= 0.6 is 0 Å². The van der Waals surface area contributed by atoms with Crippen LogP contribution in [0.15, 0.2) is 108 Å². The van der Waals surface area contributed by atoms with Gasteiger partial charge in [-0.05, 0) is 43.1 Å². The quantitative estimate of drug-likeness (QED) is 0.202. The Morgan fingerprint density at radius 3 is 2.10 bits per heavy atom. The van der Waals surface area contributed by atoms with E-state index < -0.39 is 0 Å². The predicted octanol–water partition coefficient (Wildman–Crippen LogP) is 8.23. The summed E-state index contributed by atoms with van der Waals surface area (Å²) in [4.78, 5) is 21.5. The SMILES string of the molecule is C=CCn1c(-c2ccccc2)ncc(-c2ccccc2)c1=O.CCCC.CCCc1ccncc1/C=C(\C)CNC. The molecule has 4 aromatic rings. The molecule has 1 N–H and O–H groups in total. The Kier molecular flexibility index (Phi) is 15.4. The monoisotopic (exact) mass is 550 g/mol. The molecule has 0 aliphatic heterocycles. The van der Waals surface area contributed by atoms with Gasteiger partial charge in [-0.15, -0.1) is 6.58 Å². The number of aryl methyl sites for hydroxylation is 1. The molecule has 5 heteroatoms. The number of allylic oxidation sites excluding steroid dienone is 1. The topological polar surface area (TPSA) is 59.8 Å². The van der Waals surface area contributed by atoms with Crippen LogP contribution in [0.4, 0.5) is 0 Å². The highest BCUT2D eigenvalue weighted by Crippen LogP contribution is 2.19. The second kappa shape index (κ2) is 19.1. The Hall–Kier alpha value is -4.09. The van der Waals surface area contributed by atoms with Crippen LogP contribution in [-0.2, 0) is 13.0 Å². The minimum Gasteiger partial charge on any atom is -0.316 e. The van der Waals surface area contributed by atoms with Crippen molar-refractivity contribution in [2.24, 2.45) is 0 Å². The minimum absolute atomic E-state index is 0.0556. The van der Waals surface area contributed by atoms with Crippen LogP contribution in [0, 0.1) is 0 Å². The van der Waals surface area contributed by atoms with Crippen molar-refractivity contribution in [2.45, 2.75) is 59.9 Å². The number of unbranched alkanes of at least 4 members (excludes halogenated alkanes) is 1. The third-order valence-electron chi connectivity index (χ3n) is 6.30. The van der Waals surface area contributed by atoms with Crippen LogP contribution in [0.2, 0.25) is 0 Å². The summed E-state index contributed by atoms with van der Waals surface area (Å²) in [5.41, 5.74) is 6.32. The molecule has 0 fully saturated rings. The molecule has 0 unspecified atom stereocenters. The first-order chi connectivity index (χ1) is 20.0. The molecule has 5 nitrogen and oxygen atoms in total. The Balaban J connectivity index is 0.000000269. The smallest absolute Gasteiger partial charge is 0.261 e. The van der Waals surface area contributed by atoms with Crippen molar-refractivity contribution < 1.29 is 0 Å². The van der Waals surface area contributed by atoms with Gasteiger partial charge in [0.15, 0.2) is 0 Å². The van der Waals surface area contributed by atoms with Gasteiger partial charge in [0, 0.05) is 37.2 Å². The zero-order chi connectivity index (χ0) is 29.9. The molecule has 0 spiro atoms. The number of likely N-dealkylation sites (N-methyl/N-ethyl adjacent to an activating group) is 1. The van der Waals surface area contributed by atoms with E-state index in [2.05, 4.69) is 61.7 Å². The Morgan fingerprint density at radius 2 is 1.54 bits per heavy atom. The van der Waals surface area contributed by atoms with Crippen molar-refractivity contribution in [3.63, 3.8) is 0 Å². The molecular formula is C36H46N4O. The number of pyridine rings is 1. The third-order valence-corrected chi connectivity index (χ3v) is 6.30. The largest absolute Gasteiger partial charge is 0.316 e. The molecule has 2 aromatic heterocycles. The number of hydrogen-bond acceptors (Lipinski definition) is 4. The summed E-state index contributed by atoms with van der Waals surface area (Å²) in [6.45, 7) is 13.8. The van der Waals surface area contributed by atoms with E-state index in [-0.39, 0.29) is 5.56 Å². The second-order valence-corrected chi connectivity index (χ2v) is 9.78. The molecule has 2 aromatic carbocycles. The average Bonchev–Trinajstić information content (AvgIpc) is 3.01. The van der Waals surface area contributed by atoms with E-state index in [1.54, 1.807) is 16.8 Å². The summed E-state index contributed by atoms with van der Waals surface area (Å²) in [6.07, 6.45) is 14.3. The summed E-state index contributed by atoms with van der Waals surface area (Å²) in [5, 5.41) is 3.15. The first-order valence-electron chi connectivity index (χ1n) is 14.6. The molecule has 0 saturated carbocycles. The molecule has 0 amide bonds. The van der Waals surface area contributed by atoms with Crippen LogP contribution in [0.25, 0.3) is 28.6 Å². The first kappa shape index (κ1) is 33.1. The Bertz CT molecular complexity index is 1390. The normalized spacial score (nSPS) is 10.6. The first-order valence-corrected chi connectivity index (χ1v) is 14.6. The molecule has 41 heavy (non-hydrogen) atoms. The highest BCUT2D eigenvalue weighted by molar-refractivity contribution is 5.64. The zero-order valence-corrected chi connectivity index (χ0v) is 25.4. The van der Waals surface area contributed by atoms with E-state index in [1.807, 2.05) is 80.1 Å². The number of nitrogens with zero attached hydrogens (tertiary/aromatic N) is 3. The number of rotatable bonds is 10. The lowest BCUT2D eigenvalue weighted by molar-refractivity contribution is 0.769. The van der Waals surface area contributed by atoms with Gasteiger partial charge in [0.25, 0.3) is 5.56 Å². The maximum Gasteiger partial charge on any atom is 0.261 e. The van der Waals surface area contributed by atoms with Gasteiger partial charge < -0.3 is 5.32 Å². The maximum atomic E-state index is 12.8. The van der Waals surface area contributed by atoms with E-state index in [4.69, 9.17) is 0 Å². The molecular weight excluding hydrogens is 504 g/mol. The van der Waals surface area contributed by atoms with Gasteiger partial charge >= 0.3 is 0 Å². The summed E-state index contributed by atoms with van der Waals surface area (Å²) in [7, 11) is 1.97. The van der Waals surface area contributed by atoms with Gasteiger partial charge in [-0.25, -0.2) is 4.98 Å². The lowest BCUT2D eigenvalue weighted by Crippen LogP contribution is -2.24. The highest BCUT2D eigenvalue weighted by Gasteiger charge is 2.12. The Labute approximate surface area is 246 Å². The van der Waals surface area contributed by atoms with Gasteiger partial charge in [0.1, 0.15) is 5.82 Å². The molecule has 0 aliphatic rings. The van der Waals surface area contributed by atoms with Crippen LogP contribution in [0.1, 0.15) is 58.1 Å². The minimum atomic E-state index is -0.0556. The van der Waals surface area contributed by atoms with Crippen molar-refractivity contribution in [1.82, 2.24) is 19.9 Å². The van der Waals surface area contributed by atoms with Crippen molar-refractivity contribution in [3.05, 3.63) is 125 Å². The Morgan fingerprint density at radius 1 is 0.902 bits per heavy atom. The van der Waals surface area contributed by atoms with Crippen molar-refractivity contribution in [1.29, 1.82) is 0 Å². The van der Waals surface area contributed by atoms with E-state index >= 15 is 0 Å². The number of aromatic nitrogens is 3. The molecule has 0 atom stereocenters. The summed E-state index contributed by atoms with van der Waals surface area (Å²) < 4.78 is 1.66. The van der Waals surface area contributed by atoms with E-state index in [0.717, 1.165) is 24.1 Å². The predicted molar refractivity (Wildman–Crippen MR) is 176 cm³/mol. The molecule has 2 heterocycles. The lowest BCUT2D eigenvalue weighted by atomic mass is 10.0. The fourth-order valence-corrected chi connectivity index (χ4v) is 4.08. The second-order valence-electron chi connectivity index (χ2n) is 9.78. The van der Waals surface area contributed by atoms with E-state index in [0.29, 0.717) is 17.9 Å². The molecule has 0 aliphatic carbocycles. The molecule has 4 rings (SSSR count). The van der Waals surface area contributed by atoms with E-state index in [9.17, 15) is 4.79 Å². The van der Waals surface area contributed by atoms with Crippen LogP contribution in [0.3, 0.4) is 0 Å². The number of nitrogens with one attached hydrogen (secondary N) is 1. The number of hydrogen-bond donors (Lipinski definition) is 1. The zero-order valence-electron chi connectivity index (χ0n) is 25.4. The molecule has 216 valence electrons. The van der Waals surface area contributed by atoms with Crippen molar-refractivity contribution in [2.75, 3.05) is 13.6 Å². The molecule has 0 bridgehead atoms. The fraction of sp³-hybridized carbons (Fsp3) is 0.306. The summed E-state index contributed by atoms with van der Waals surface area (Å²) in [5.74, 6) is 0.658. The maximum absolute atomic E-state index is 12.8. The summed E-state index contributed by atoms with van der Waals surface area (Å²) >= 11 is 0. The molecule has 0 saturated heterocycles. The summed E-state index contributed by atoms with van der Waals surface area (Å²) in [6, 6.07) is 21.4. The van der Waals surface area contributed by atoms with Gasteiger partial charge in [-0.2, -0.15) is 0 Å². The standard InChI is InChI=1S/C19H16N2O.C13H20N2.C4H10/c1-2-13-21-18(16-11-7-4-8-12-16)20-14-17(19(21)22)15-9-5-3-6-10-15;1-4-5-12-6-7-15-10-13(12)8-11(2)9-14-3;1-3-4-2/h2-12,14H,1,13H2;6-8,10,14H,4-5,9H2,1-3H3;3-4H2,1-2H3/b;11-8+;. The van der Waals surface area contributed by atoms with Gasteiger partial charge in [0.05, 0.1) is 5.56 Å². The van der Waals surface area contributed by atoms with Gasteiger partial charge in [0.2, 0.25) is 0 Å². The van der Waals surface area contributed by atoms with Gasteiger partial charge in [-0.1, -0.05) is 118 Å². The molecule has 0 radical (unpaired) electrons.